The number of hydrogen-bond donors (Lipinski definition) is 2. The number of nitrogens with zero attached hydrogens (tertiary/aromatic N) is 2. The maximum atomic E-state index is 13.4. The van der Waals surface area contributed by atoms with E-state index < -0.39 is 17.9 Å². The molecule has 180 valence electrons. The monoisotopic (exact) mass is 502 g/mol. The highest BCUT2D eigenvalue weighted by atomic mass is 32.1. The van der Waals surface area contributed by atoms with Gasteiger partial charge >= 0.3 is 5.97 Å². The van der Waals surface area contributed by atoms with E-state index in [1.165, 1.54) is 36.6 Å². The molecular formula is C26H19FN4O4S. The van der Waals surface area contributed by atoms with Gasteiger partial charge in [0.1, 0.15) is 11.5 Å². The molecule has 0 aliphatic rings. The Morgan fingerprint density at radius 1 is 1.03 bits per heavy atom. The molecule has 8 nitrogen and oxygen atoms in total. The van der Waals surface area contributed by atoms with Gasteiger partial charge < -0.3 is 19.9 Å². The molecule has 5 rings (SSSR count). The van der Waals surface area contributed by atoms with E-state index in [9.17, 15) is 14.0 Å². The van der Waals surface area contributed by atoms with Gasteiger partial charge in [0.15, 0.2) is 11.2 Å². The number of anilines is 2. The summed E-state index contributed by atoms with van der Waals surface area (Å²) < 4.78 is 24.2. The van der Waals surface area contributed by atoms with Gasteiger partial charge in [-0.1, -0.05) is 59.0 Å². The third-order valence-electron chi connectivity index (χ3n) is 5.36. The van der Waals surface area contributed by atoms with Crippen molar-refractivity contribution in [2.75, 3.05) is 12.4 Å². The lowest BCUT2D eigenvalue weighted by Crippen LogP contribution is -2.34. The van der Waals surface area contributed by atoms with Gasteiger partial charge in [0, 0.05) is 17.3 Å². The summed E-state index contributed by atoms with van der Waals surface area (Å²) in [6, 6.07) is 21.1. The predicted molar refractivity (Wildman–Crippen MR) is 133 cm³/mol. The van der Waals surface area contributed by atoms with Crippen LogP contribution in [-0.2, 0) is 9.53 Å². The molecule has 10 heteroatoms. The van der Waals surface area contributed by atoms with E-state index in [0.717, 1.165) is 21.5 Å². The number of aromatic nitrogens is 2. The number of fused-ring (bicyclic) bond motifs is 1. The number of amides is 1. The van der Waals surface area contributed by atoms with Gasteiger partial charge in [0.2, 0.25) is 5.76 Å². The van der Waals surface area contributed by atoms with E-state index >= 15 is 0 Å². The van der Waals surface area contributed by atoms with Crippen LogP contribution in [0.15, 0.2) is 83.4 Å². The number of rotatable bonds is 7. The largest absolute Gasteiger partial charge is 0.467 e. The van der Waals surface area contributed by atoms with Crippen LogP contribution in [0.4, 0.5) is 15.2 Å². The molecule has 0 aliphatic heterocycles. The van der Waals surface area contributed by atoms with Crippen molar-refractivity contribution in [2.45, 2.75) is 6.04 Å². The van der Waals surface area contributed by atoms with Gasteiger partial charge in [0.05, 0.1) is 17.3 Å². The van der Waals surface area contributed by atoms with Crippen LogP contribution < -0.4 is 10.6 Å². The van der Waals surface area contributed by atoms with Crippen molar-refractivity contribution >= 4 is 44.2 Å². The average Bonchev–Trinajstić information content (AvgIpc) is 3.55. The van der Waals surface area contributed by atoms with E-state index in [2.05, 4.69) is 20.8 Å². The Balaban J connectivity index is 1.28. The molecule has 1 amide bonds. The van der Waals surface area contributed by atoms with E-state index in [4.69, 9.17) is 9.26 Å². The van der Waals surface area contributed by atoms with E-state index in [1.54, 1.807) is 30.3 Å². The Bertz CT molecular complexity index is 1530. The smallest absolute Gasteiger partial charge is 0.333 e. The van der Waals surface area contributed by atoms with E-state index in [1.807, 2.05) is 30.3 Å². The van der Waals surface area contributed by atoms with Crippen molar-refractivity contribution in [3.05, 3.63) is 96.0 Å². The van der Waals surface area contributed by atoms with E-state index in [0.29, 0.717) is 16.4 Å². The van der Waals surface area contributed by atoms with Gasteiger partial charge in [-0.25, -0.2) is 14.2 Å². The summed E-state index contributed by atoms with van der Waals surface area (Å²) in [6.07, 6.45) is 0. The summed E-state index contributed by atoms with van der Waals surface area (Å²) in [4.78, 5) is 29.4. The molecule has 0 bridgehead atoms. The molecule has 1 atom stereocenters. The molecule has 0 unspecified atom stereocenters. The first-order chi connectivity index (χ1) is 17.5. The zero-order chi connectivity index (χ0) is 25.1. The predicted octanol–water partition coefficient (Wildman–Crippen LogP) is 5.48. The average molecular weight is 503 g/mol. The minimum Gasteiger partial charge on any atom is -0.467 e. The molecule has 5 aromatic rings. The highest BCUT2D eigenvalue weighted by Gasteiger charge is 2.26. The topological polar surface area (TPSA) is 106 Å². The number of carbonyl (C=O) groups is 2. The highest BCUT2D eigenvalue weighted by molar-refractivity contribution is 7.22. The van der Waals surface area contributed by atoms with Crippen molar-refractivity contribution in [3.8, 4) is 11.3 Å². The molecule has 36 heavy (non-hydrogen) atoms. The number of thiazole rings is 1. The molecule has 0 radical (unpaired) electrons. The third kappa shape index (κ3) is 4.93. The number of hydrogen-bond acceptors (Lipinski definition) is 8. The lowest BCUT2D eigenvalue weighted by atomic mass is 10.1. The fraction of sp³-hybridized carbons (Fsp3) is 0.0769. The molecule has 3 aromatic carbocycles. The number of benzene rings is 3. The minimum atomic E-state index is -0.985. The standard InChI is InChI=1S/C26H19FN4O4S/c1-34-25(33)23(16-5-3-2-4-6-16)30-24(32)21-14-20(31-35-21)15-7-10-18(11-8-15)28-26-29-19-12-9-17(27)13-22(19)36-26/h2-14,23H,1H3,(H,28,29)(H,30,32)/t23-/m0/s1. The number of esters is 1. The quantitative estimate of drug-likeness (QED) is 0.284. The van der Waals surface area contributed by atoms with Gasteiger partial charge in [-0.05, 0) is 35.9 Å². The number of carbonyl (C=O) groups excluding carboxylic acids is 2. The zero-order valence-corrected chi connectivity index (χ0v) is 19.7. The number of methoxy groups -OCH3 is 1. The summed E-state index contributed by atoms with van der Waals surface area (Å²) in [7, 11) is 1.26. The second-order valence-electron chi connectivity index (χ2n) is 7.75. The first-order valence-electron chi connectivity index (χ1n) is 10.8. The van der Waals surface area contributed by atoms with Crippen molar-refractivity contribution in [1.82, 2.24) is 15.5 Å². The van der Waals surface area contributed by atoms with E-state index in [-0.39, 0.29) is 11.6 Å². The third-order valence-corrected chi connectivity index (χ3v) is 6.30. The molecule has 0 saturated heterocycles. The maximum Gasteiger partial charge on any atom is 0.333 e. The van der Waals surface area contributed by atoms with Gasteiger partial charge in [0.25, 0.3) is 5.91 Å². The van der Waals surface area contributed by atoms with Crippen LogP contribution in [0, 0.1) is 5.82 Å². The van der Waals surface area contributed by atoms with Gasteiger partial charge in [-0.15, -0.1) is 0 Å². The Labute approximate surface area is 208 Å². The van der Waals surface area contributed by atoms with Gasteiger partial charge in [-0.3, -0.25) is 4.79 Å². The summed E-state index contributed by atoms with van der Waals surface area (Å²) in [5.41, 5.74) is 3.26. The Morgan fingerprint density at radius 2 is 1.81 bits per heavy atom. The molecule has 0 fully saturated rings. The molecule has 2 N–H and O–H groups in total. The SMILES string of the molecule is COC(=O)[C@@H](NC(=O)c1cc(-c2ccc(Nc3nc4ccc(F)cc4s3)cc2)no1)c1ccccc1. The molecule has 0 aliphatic carbocycles. The number of nitrogens with one attached hydrogen (secondary N) is 2. The van der Waals surface area contributed by atoms with Crippen LogP contribution in [0.5, 0.6) is 0 Å². The number of halogens is 1. The van der Waals surface area contributed by atoms with Crippen LogP contribution in [0.2, 0.25) is 0 Å². The fourth-order valence-corrected chi connectivity index (χ4v) is 4.47. The Hall–Kier alpha value is -4.57. The second-order valence-corrected chi connectivity index (χ2v) is 8.78. The summed E-state index contributed by atoms with van der Waals surface area (Å²) in [5, 5.41) is 10.5. The second kappa shape index (κ2) is 9.96. The maximum absolute atomic E-state index is 13.4. The van der Waals surface area contributed by atoms with Crippen LogP contribution in [-0.4, -0.2) is 29.1 Å². The summed E-state index contributed by atoms with van der Waals surface area (Å²) in [5.74, 6) is -1.54. The lowest BCUT2D eigenvalue weighted by molar-refractivity contribution is -0.143. The zero-order valence-electron chi connectivity index (χ0n) is 18.9. The van der Waals surface area contributed by atoms with Gasteiger partial charge in [-0.2, -0.15) is 0 Å². The lowest BCUT2D eigenvalue weighted by Gasteiger charge is -2.15. The van der Waals surface area contributed by atoms with Crippen LogP contribution in [0.3, 0.4) is 0 Å². The molecular weight excluding hydrogens is 483 g/mol. The first kappa shape index (κ1) is 23.2. The van der Waals surface area contributed by atoms with Crippen molar-refractivity contribution in [3.63, 3.8) is 0 Å². The fourth-order valence-electron chi connectivity index (χ4n) is 3.56. The van der Waals surface area contributed by atoms with Crippen molar-refractivity contribution in [2.24, 2.45) is 0 Å². The molecule has 0 spiro atoms. The highest BCUT2D eigenvalue weighted by Crippen LogP contribution is 2.30. The summed E-state index contributed by atoms with van der Waals surface area (Å²) >= 11 is 1.35. The molecule has 2 aromatic heterocycles. The minimum absolute atomic E-state index is 0.0428. The number of ether oxygens (including phenoxy) is 1. The van der Waals surface area contributed by atoms with Crippen molar-refractivity contribution in [1.29, 1.82) is 0 Å². The van der Waals surface area contributed by atoms with Crippen LogP contribution in [0.25, 0.3) is 21.5 Å². The van der Waals surface area contributed by atoms with Crippen LogP contribution in [0.1, 0.15) is 22.2 Å². The summed E-state index contributed by atoms with van der Waals surface area (Å²) in [6.45, 7) is 0. The Kier molecular flexibility index (Phi) is 6.42. The molecule has 0 saturated carbocycles. The van der Waals surface area contributed by atoms with Crippen molar-refractivity contribution < 1.29 is 23.2 Å². The molecule has 2 heterocycles. The van der Waals surface area contributed by atoms with Crippen LogP contribution >= 0.6 is 11.3 Å². The normalized spacial score (nSPS) is 11.7. The Morgan fingerprint density at radius 3 is 2.56 bits per heavy atom. The first-order valence-corrected chi connectivity index (χ1v) is 11.7.